The molecule has 0 saturated carbocycles. The number of halogens is 2. The maximum Gasteiger partial charge on any atom is 0.122 e. The van der Waals surface area contributed by atoms with Crippen molar-refractivity contribution in [2.75, 3.05) is 26.1 Å². The van der Waals surface area contributed by atoms with Gasteiger partial charge in [0, 0.05) is 27.9 Å². The van der Waals surface area contributed by atoms with E-state index in [-0.39, 0.29) is 5.41 Å². The summed E-state index contributed by atoms with van der Waals surface area (Å²) < 4.78 is 6.52. The first kappa shape index (κ1) is 15.8. The molecule has 0 aliphatic heterocycles. The van der Waals surface area contributed by atoms with Crippen molar-refractivity contribution in [3.05, 3.63) is 28.2 Å². The summed E-state index contributed by atoms with van der Waals surface area (Å²) in [6, 6.07) is 6.13. The maximum absolute atomic E-state index is 5.67. The van der Waals surface area contributed by atoms with Crippen LogP contribution in [0.3, 0.4) is 0 Å². The van der Waals surface area contributed by atoms with Crippen LogP contribution in [0.15, 0.2) is 22.7 Å². The van der Waals surface area contributed by atoms with Gasteiger partial charge in [-0.15, -0.1) is 11.6 Å². The van der Waals surface area contributed by atoms with Gasteiger partial charge in [-0.3, -0.25) is 0 Å². The molecule has 0 atom stereocenters. The number of nitrogens with one attached hydrogen (secondary N) is 1. The first-order chi connectivity index (χ1) is 8.51. The largest absolute Gasteiger partial charge is 0.496 e. The van der Waals surface area contributed by atoms with E-state index in [2.05, 4.69) is 41.2 Å². The zero-order chi connectivity index (χ0) is 13.6. The highest BCUT2D eigenvalue weighted by Crippen LogP contribution is 2.33. The number of ether oxygens (including phenoxy) is 1. The van der Waals surface area contributed by atoms with Gasteiger partial charge in [-0.1, -0.05) is 29.8 Å². The van der Waals surface area contributed by atoms with Gasteiger partial charge in [0.1, 0.15) is 5.75 Å². The molecule has 2 nitrogen and oxygen atoms in total. The summed E-state index contributed by atoms with van der Waals surface area (Å²) >= 11 is 9.19. The van der Waals surface area contributed by atoms with Gasteiger partial charge in [0.25, 0.3) is 0 Å². The van der Waals surface area contributed by atoms with Gasteiger partial charge in [-0.2, -0.15) is 0 Å². The summed E-state index contributed by atoms with van der Waals surface area (Å²) in [5.74, 6) is 1.63. The topological polar surface area (TPSA) is 21.3 Å². The first-order valence-electron chi connectivity index (χ1n) is 6.12. The Morgan fingerprint density at radius 3 is 2.72 bits per heavy atom. The van der Waals surface area contributed by atoms with E-state index in [9.17, 15) is 0 Å². The number of rotatable bonds is 7. The predicted octanol–water partition coefficient (Wildman–Crippen LogP) is 3.95. The highest BCUT2D eigenvalue weighted by molar-refractivity contribution is 9.10. The molecule has 4 heteroatoms. The Morgan fingerprint density at radius 2 is 2.11 bits per heavy atom. The van der Waals surface area contributed by atoms with Crippen molar-refractivity contribution >= 4 is 27.5 Å². The van der Waals surface area contributed by atoms with Gasteiger partial charge in [0.05, 0.1) is 7.11 Å². The molecule has 0 aliphatic carbocycles. The minimum absolute atomic E-state index is 0.0153. The lowest BCUT2D eigenvalue weighted by atomic mass is 9.84. The molecule has 0 amide bonds. The third-order valence-corrected chi connectivity index (χ3v) is 3.71. The van der Waals surface area contributed by atoms with Gasteiger partial charge in [0.15, 0.2) is 0 Å². The Labute approximate surface area is 123 Å². The molecule has 0 aliphatic rings. The van der Waals surface area contributed by atoms with E-state index in [1.165, 1.54) is 5.56 Å². The number of benzene rings is 1. The van der Waals surface area contributed by atoms with Crippen molar-refractivity contribution in [2.45, 2.75) is 25.7 Å². The summed E-state index contributed by atoms with van der Waals surface area (Å²) in [6.07, 6.45) is 0.993. The van der Waals surface area contributed by atoms with Gasteiger partial charge in [-0.25, -0.2) is 0 Å². The van der Waals surface area contributed by atoms with E-state index in [1.54, 1.807) is 7.11 Å². The van der Waals surface area contributed by atoms with Crippen molar-refractivity contribution in [3.8, 4) is 5.75 Å². The summed E-state index contributed by atoms with van der Waals surface area (Å²) in [5.41, 5.74) is 1.22. The summed E-state index contributed by atoms with van der Waals surface area (Å²) in [7, 11) is 1.71. The number of hydrogen-bond acceptors (Lipinski definition) is 2. The highest BCUT2D eigenvalue weighted by atomic mass is 79.9. The van der Waals surface area contributed by atoms with Crippen LogP contribution in [0.25, 0.3) is 0 Å². The molecule has 1 N–H and O–H groups in total. The van der Waals surface area contributed by atoms with Gasteiger partial charge in [0.2, 0.25) is 0 Å². The van der Waals surface area contributed by atoms with E-state index in [1.807, 2.05) is 12.1 Å². The van der Waals surface area contributed by atoms with Crippen LogP contribution >= 0.6 is 27.5 Å². The van der Waals surface area contributed by atoms with Crippen molar-refractivity contribution in [1.29, 1.82) is 0 Å². The molecule has 1 aromatic rings. The van der Waals surface area contributed by atoms with E-state index >= 15 is 0 Å². The second kappa shape index (κ2) is 7.37. The molecular formula is C14H21BrClNO. The van der Waals surface area contributed by atoms with Crippen LogP contribution < -0.4 is 10.1 Å². The molecule has 0 aromatic heterocycles. The third kappa shape index (κ3) is 4.45. The molecule has 0 spiro atoms. The third-order valence-electron chi connectivity index (χ3n) is 2.94. The predicted molar refractivity (Wildman–Crippen MR) is 81.9 cm³/mol. The normalized spacial score (nSPS) is 11.6. The second-order valence-corrected chi connectivity index (χ2v) is 6.24. The van der Waals surface area contributed by atoms with Gasteiger partial charge in [-0.05, 0) is 31.2 Å². The van der Waals surface area contributed by atoms with Crippen LogP contribution in [0.1, 0.15) is 25.8 Å². The molecule has 0 heterocycles. The fraction of sp³-hybridized carbons (Fsp3) is 0.571. The quantitative estimate of drug-likeness (QED) is 0.602. The fourth-order valence-electron chi connectivity index (χ4n) is 1.90. The van der Waals surface area contributed by atoms with Crippen molar-refractivity contribution in [3.63, 3.8) is 0 Å². The monoisotopic (exact) mass is 333 g/mol. The minimum Gasteiger partial charge on any atom is -0.496 e. The lowest BCUT2D eigenvalue weighted by Crippen LogP contribution is -2.34. The van der Waals surface area contributed by atoms with Crippen LogP contribution in [-0.2, 0) is 5.41 Å². The molecule has 1 aromatic carbocycles. The zero-order valence-electron chi connectivity index (χ0n) is 11.2. The molecule has 1 rings (SSSR count). The Morgan fingerprint density at radius 1 is 1.39 bits per heavy atom. The Balaban J connectivity index is 2.79. The first-order valence-corrected chi connectivity index (χ1v) is 7.44. The molecular weight excluding hydrogens is 314 g/mol. The lowest BCUT2D eigenvalue weighted by molar-refractivity contribution is 0.385. The SMILES string of the molecule is COc1ccc(Br)cc1C(C)(C)CNCCCCl. The smallest absolute Gasteiger partial charge is 0.122 e. The van der Waals surface area contributed by atoms with Crippen LogP contribution in [0.5, 0.6) is 5.75 Å². The lowest BCUT2D eigenvalue weighted by Gasteiger charge is -2.27. The van der Waals surface area contributed by atoms with E-state index in [4.69, 9.17) is 16.3 Å². The van der Waals surface area contributed by atoms with E-state index in [0.717, 1.165) is 29.7 Å². The van der Waals surface area contributed by atoms with Crippen LogP contribution in [-0.4, -0.2) is 26.1 Å². The molecule has 18 heavy (non-hydrogen) atoms. The van der Waals surface area contributed by atoms with Crippen molar-refractivity contribution in [1.82, 2.24) is 5.32 Å². The van der Waals surface area contributed by atoms with Gasteiger partial charge < -0.3 is 10.1 Å². The van der Waals surface area contributed by atoms with E-state index in [0.29, 0.717) is 5.88 Å². The average Bonchev–Trinajstić information content (AvgIpc) is 2.35. The van der Waals surface area contributed by atoms with Crippen LogP contribution in [0.4, 0.5) is 0 Å². The summed E-state index contributed by atoms with van der Waals surface area (Å²) in [5, 5.41) is 3.44. The molecule has 0 fully saturated rings. The number of alkyl halides is 1. The summed E-state index contributed by atoms with van der Waals surface area (Å²) in [6.45, 7) is 6.27. The Kier molecular flexibility index (Phi) is 6.47. The van der Waals surface area contributed by atoms with Gasteiger partial charge >= 0.3 is 0 Å². The highest BCUT2D eigenvalue weighted by Gasteiger charge is 2.24. The van der Waals surface area contributed by atoms with Crippen LogP contribution in [0.2, 0.25) is 0 Å². The molecule has 0 radical (unpaired) electrons. The summed E-state index contributed by atoms with van der Waals surface area (Å²) in [4.78, 5) is 0. The standard InChI is InChI=1S/C14H21BrClNO/c1-14(2,10-17-8-4-7-16)12-9-11(15)5-6-13(12)18-3/h5-6,9,17H,4,7-8,10H2,1-3H3. The fourth-order valence-corrected chi connectivity index (χ4v) is 2.39. The van der Waals surface area contributed by atoms with Crippen molar-refractivity contribution in [2.24, 2.45) is 0 Å². The molecule has 0 unspecified atom stereocenters. The zero-order valence-corrected chi connectivity index (χ0v) is 13.6. The Bertz CT molecular complexity index is 382. The van der Waals surface area contributed by atoms with Crippen LogP contribution in [0, 0.1) is 0 Å². The molecule has 102 valence electrons. The number of hydrogen-bond donors (Lipinski definition) is 1. The average molecular weight is 335 g/mol. The maximum atomic E-state index is 5.67. The number of methoxy groups -OCH3 is 1. The second-order valence-electron chi connectivity index (χ2n) is 4.95. The molecule has 0 bridgehead atoms. The minimum atomic E-state index is 0.0153. The van der Waals surface area contributed by atoms with Crippen molar-refractivity contribution < 1.29 is 4.74 Å². The van der Waals surface area contributed by atoms with E-state index < -0.39 is 0 Å². The Hall–Kier alpha value is -0.250. The molecule has 0 saturated heterocycles.